The molecule has 19 heavy (non-hydrogen) atoms. The molecular weight excluding hydrogens is 269 g/mol. The van der Waals surface area contributed by atoms with Gasteiger partial charge in [0.05, 0.1) is 6.33 Å². The Morgan fingerprint density at radius 3 is 2.95 bits per heavy atom. The fourth-order valence-corrected chi connectivity index (χ4v) is 1.95. The molecule has 7 heteroatoms. The number of hydrogen-bond donors (Lipinski definition) is 2. The monoisotopic (exact) mass is 277 g/mol. The van der Waals surface area contributed by atoms with Gasteiger partial charge in [-0.25, -0.2) is 4.98 Å². The van der Waals surface area contributed by atoms with Crippen LogP contribution < -0.4 is 5.32 Å². The molecule has 0 spiro atoms. The lowest BCUT2D eigenvalue weighted by molar-refractivity contribution is 0.545. The van der Waals surface area contributed by atoms with E-state index in [9.17, 15) is 4.39 Å². The fraction of sp³-hybridized carbons (Fsp3) is 0.0833. The van der Waals surface area contributed by atoms with E-state index >= 15 is 0 Å². The minimum Gasteiger partial charge on any atom is -0.364 e. The Morgan fingerprint density at radius 1 is 1.26 bits per heavy atom. The van der Waals surface area contributed by atoms with Gasteiger partial charge in [-0.3, -0.25) is 0 Å². The van der Waals surface area contributed by atoms with Crippen LogP contribution in [0, 0.1) is 6.08 Å². The topological polar surface area (TPSA) is 66.5 Å². The molecule has 5 nitrogen and oxygen atoms in total. The lowest BCUT2D eigenvalue weighted by Gasteiger charge is -2.07. The number of H-pyrrole nitrogens is 1. The molecule has 0 fully saturated rings. The Balaban J connectivity index is 1.90. The normalized spacial score (nSPS) is 10.8. The van der Waals surface area contributed by atoms with Crippen LogP contribution in [-0.4, -0.2) is 19.9 Å². The summed E-state index contributed by atoms with van der Waals surface area (Å²) in [7, 11) is 0. The van der Waals surface area contributed by atoms with Crippen molar-refractivity contribution in [2.45, 2.75) is 6.54 Å². The Bertz CT molecular complexity index is 727. The molecule has 0 amide bonds. The number of nitrogens with one attached hydrogen (secondary N) is 2. The zero-order valence-corrected chi connectivity index (χ0v) is 10.4. The number of benzene rings is 1. The molecule has 1 aromatic carbocycles. The van der Waals surface area contributed by atoms with Crippen molar-refractivity contribution in [3.05, 3.63) is 47.3 Å². The minimum absolute atomic E-state index is 0.337. The first-order valence-corrected chi connectivity index (χ1v) is 5.96. The summed E-state index contributed by atoms with van der Waals surface area (Å²) >= 11 is 6.05. The molecule has 0 aliphatic rings. The number of hydrogen-bond acceptors (Lipinski definition) is 4. The first kappa shape index (κ1) is 11.9. The Kier molecular flexibility index (Phi) is 3.00. The van der Waals surface area contributed by atoms with Crippen LogP contribution in [0.1, 0.15) is 5.56 Å². The Hall–Kier alpha value is -2.21. The van der Waals surface area contributed by atoms with Crippen LogP contribution in [0.5, 0.6) is 0 Å². The summed E-state index contributed by atoms with van der Waals surface area (Å²) < 4.78 is 13.2. The number of anilines is 1. The molecule has 0 unspecified atom stereocenters. The van der Waals surface area contributed by atoms with E-state index < -0.39 is 6.08 Å². The molecule has 2 heterocycles. The van der Waals surface area contributed by atoms with E-state index in [0.717, 1.165) is 5.56 Å². The van der Waals surface area contributed by atoms with Gasteiger partial charge in [0, 0.05) is 11.6 Å². The largest absolute Gasteiger partial charge is 0.364 e. The quantitative estimate of drug-likeness (QED) is 0.723. The lowest BCUT2D eigenvalue weighted by Crippen LogP contribution is -2.05. The van der Waals surface area contributed by atoms with Crippen LogP contribution in [0.15, 0.2) is 30.6 Å². The van der Waals surface area contributed by atoms with Gasteiger partial charge in [0.2, 0.25) is 0 Å². The molecule has 96 valence electrons. The molecule has 0 saturated carbocycles. The molecule has 2 N–H and O–H groups in total. The summed E-state index contributed by atoms with van der Waals surface area (Å²) in [5, 5.41) is 3.66. The molecule has 3 aromatic rings. The zero-order valence-electron chi connectivity index (χ0n) is 9.69. The summed E-state index contributed by atoms with van der Waals surface area (Å²) in [6.07, 6.45) is 0.637. The van der Waals surface area contributed by atoms with Crippen molar-refractivity contribution in [3.8, 4) is 0 Å². The summed E-state index contributed by atoms with van der Waals surface area (Å²) in [4.78, 5) is 14.1. The molecule has 0 radical (unpaired) electrons. The van der Waals surface area contributed by atoms with Gasteiger partial charge >= 0.3 is 6.08 Å². The first-order chi connectivity index (χ1) is 9.24. The molecular formula is C12H9ClFN5. The van der Waals surface area contributed by atoms with Crippen molar-refractivity contribution in [2.75, 3.05) is 5.32 Å². The van der Waals surface area contributed by atoms with Gasteiger partial charge in [0.25, 0.3) is 0 Å². The zero-order chi connectivity index (χ0) is 13.2. The van der Waals surface area contributed by atoms with E-state index in [-0.39, 0.29) is 0 Å². The summed E-state index contributed by atoms with van der Waals surface area (Å²) in [5.74, 6) is 0.337. The highest BCUT2D eigenvalue weighted by molar-refractivity contribution is 6.31. The first-order valence-electron chi connectivity index (χ1n) is 5.58. The molecule has 0 aliphatic carbocycles. The highest BCUT2D eigenvalue weighted by Gasteiger charge is 2.10. The second-order valence-electron chi connectivity index (χ2n) is 3.89. The van der Waals surface area contributed by atoms with Crippen LogP contribution >= 0.6 is 11.6 Å². The van der Waals surface area contributed by atoms with Crippen molar-refractivity contribution in [1.82, 2.24) is 19.9 Å². The van der Waals surface area contributed by atoms with Crippen molar-refractivity contribution in [2.24, 2.45) is 0 Å². The number of nitrogens with zero attached hydrogens (tertiary/aromatic N) is 3. The molecule has 3 rings (SSSR count). The third kappa shape index (κ3) is 2.34. The van der Waals surface area contributed by atoms with E-state index in [1.807, 2.05) is 18.2 Å². The third-order valence-electron chi connectivity index (χ3n) is 2.66. The van der Waals surface area contributed by atoms with E-state index in [1.54, 1.807) is 6.07 Å². The Morgan fingerprint density at radius 2 is 2.11 bits per heavy atom. The van der Waals surface area contributed by atoms with E-state index in [4.69, 9.17) is 11.6 Å². The number of aromatic nitrogens is 4. The summed E-state index contributed by atoms with van der Waals surface area (Å²) in [6.45, 7) is 0.429. The number of halogens is 2. The summed E-state index contributed by atoms with van der Waals surface area (Å²) in [5.41, 5.74) is 1.74. The molecule has 0 bridgehead atoms. The van der Waals surface area contributed by atoms with Crippen LogP contribution in [0.3, 0.4) is 0 Å². The second kappa shape index (κ2) is 4.81. The number of fused-ring (bicyclic) bond motifs is 1. The van der Waals surface area contributed by atoms with Crippen molar-refractivity contribution in [1.29, 1.82) is 0 Å². The smallest absolute Gasteiger partial charge is 0.312 e. The fourth-order valence-electron chi connectivity index (χ4n) is 1.75. The maximum atomic E-state index is 13.2. The maximum Gasteiger partial charge on any atom is 0.312 e. The van der Waals surface area contributed by atoms with Crippen molar-refractivity contribution < 1.29 is 4.39 Å². The summed E-state index contributed by atoms with van der Waals surface area (Å²) in [6, 6.07) is 7.41. The van der Waals surface area contributed by atoms with Gasteiger partial charge in [-0.15, -0.1) is 0 Å². The van der Waals surface area contributed by atoms with Crippen LogP contribution in [0.2, 0.25) is 5.02 Å². The van der Waals surface area contributed by atoms with Gasteiger partial charge in [-0.1, -0.05) is 29.8 Å². The molecule has 2 aromatic heterocycles. The predicted octanol–water partition coefficient (Wildman–Crippen LogP) is 2.76. The average molecular weight is 278 g/mol. The molecule has 0 atom stereocenters. The van der Waals surface area contributed by atoms with Gasteiger partial charge in [-0.2, -0.15) is 14.4 Å². The van der Waals surface area contributed by atoms with Crippen LogP contribution in [0.4, 0.5) is 10.2 Å². The van der Waals surface area contributed by atoms with Gasteiger partial charge in [0.1, 0.15) is 5.52 Å². The van der Waals surface area contributed by atoms with Gasteiger partial charge in [0.15, 0.2) is 11.5 Å². The second-order valence-corrected chi connectivity index (χ2v) is 4.29. The lowest BCUT2D eigenvalue weighted by atomic mass is 10.2. The van der Waals surface area contributed by atoms with E-state index in [0.29, 0.717) is 28.5 Å². The SMILES string of the molecule is Fc1nc(NCc2ccccc2Cl)c2nc[nH]c2n1. The Labute approximate surface area is 112 Å². The molecule has 0 aliphatic heterocycles. The minimum atomic E-state index is -0.807. The third-order valence-corrected chi connectivity index (χ3v) is 3.02. The van der Waals surface area contributed by atoms with Crippen molar-refractivity contribution >= 4 is 28.6 Å². The highest BCUT2D eigenvalue weighted by atomic mass is 35.5. The van der Waals surface area contributed by atoms with Gasteiger partial charge < -0.3 is 10.3 Å². The number of imidazole rings is 1. The van der Waals surface area contributed by atoms with E-state index in [1.165, 1.54) is 6.33 Å². The molecule has 0 saturated heterocycles. The van der Waals surface area contributed by atoms with Crippen molar-refractivity contribution in [3.63, 3.8) is 0 Å². The average Bonchev–Trinajstić information content (AvgIpc) is 2.85. The van der Waals surface area contributed by atoms with Crippen LogP contribution in [-0.2, 0) is 6.54 Å². The maximum absolute atomic E-state index is 13.2. The number of rotatable bonds is 3. The predicted molar refractivity (Wildman–Crippen MR) is 70.4 cm³/mol. The standard InChI is InChI=1S/C12H9ClFN5/c13-8-4-2-1-3-7(8)5-15-10-9-11(17-6-16-9)19-12(14)18-10/h1-4,6H,5H2,(H2,15,16,17,18,19). The van der Waals surface area contributed by atoms with Crippen LogP contribution in [0.25, 0.3) is 11.2 Å². The van der Waals surface area contributed by atoms with Gasteiger partial charge in [-0.05, 0) is 11.6 Å². The van der Waals surface area contributed by atoms with E-state index in [2.05, 4.69) is 25.3 Å². The number of aromatic amines is 1. The highest BCUT2D eigenvalue weighted by Crippen LogP contribution is 2.19.